The third-order valence-electron chi connectivity index (χ3n) is 2.67. The molecule has 0 aliphatic heterocycles. The van der Waals surface area contributed by atoms with Gasteiger partial charge in [-0.05, 0) is 25.1 Å². The summed E-state index contributed by atoms with van der Waals surface area (Å²) in [7, 11) is 3.76. The molecule has 0 radical (unpaired) electrons. The Morgan fingerprint density at radius 2 is 2.12 bits per heavy atom. The van der Waals surface area contributed by atoms with Gasteiger partial charge < -0.3 is 9.15 Å². The summed E-state index contributed by atoms with van der Waals surface area (Å²) in [5.41, 5.74) is 2.23. The molecule has 1 aromatic heterocycles. The highest BCUT2D eigenvalue weighted by atomic mass is 16.5. The van der Waals surface area contributed by atoms with Gasteiger partial charge in [-0.25, -0.2) is 0 Å². The van der Waals surface area contributed by atoms with E-state index in [-0.39, 0.29) is 0 Å². The normalized spacial score (nSPS) is 11.4. The van der Waals surface area contributed by atoms with Gasteiger partial charge in [0.15, 0.2) is 0 Å². The molecule has 0 amide bonds. The van der Waals surface area contributed by atoms with Crippen molar-refractivity contribution in [2.24, 2.45) is 0 Å². The van der Waals surface area contributed by atoms with Crippen LogP contribution >= 0.6 is 0 Å². The van der Waals surface area contributed by atoms with Gasteiger partial charge in [-0.2, -0.15) is 0 Å². The fourth-order valence-electron chi connectivity index (χ4n) is 1.82. The van der Waals surface area contributed by atoms with E-state index in [0.29, 0.717) is 6.73 Å². The molecule has 0 saturated carbocycles. The first-order valence-electron chi connectivity index (χ1n) is 5.44. The predicted octanol–water partition coefficient (Wildman–Crippen LogP) is 2.51. The molecule has 0 fully saturated rings. The van der Waals surface area contributed by atoms with Gasteiger partial charge >= 0.3 is 0 Å². The van der Waals surface area contributed by atoms with Gasteiger partial charge in [-0.15, -0.1) is 0 Å². The van der Waals surface area contributed by atoms with E-state index < -0.39 is 0 Å². The second kappa shape index (κ2) is 5.14. The number of hydrogen-bond donors (Lipinski definition) is 0. The average molecular weight is 219 g/mol. The molecule has 0 bridgehead atoms. The fourth-order valence-corrected chi connectivity index (χ4v) is 1.82. The monoisotopic (exact) mass is 219 g/mol. The molecule has 3 heteroatoms. The van der Waals surface area contributed by atoms with E-state index in [1.54, 1.807) is 7.11 Å². The summed E-state index contributed by atoms with van der Waals surface area (Å²) in [5, 5.41) is 1.22. The lowest BCUT2D eigenvalue weighted by Gasteiger charge is -2.14. The second-order valence-electron chi connectivity index (χ2n) is 4.00. The van der Waals surface area contributed by atoms with Crippen molar-refractivity contribution < 1.29 is 9.15 Å². The zero-order valence-corrected chi connectivity index (χ0v) is 9.77. The number of rotatable bonds is 5. The van der Waals surface area contributed by atoms with Crippen molar-refractivity contribution in [3.05, 3.63) is 36.1 Å². The standard InChI is InChI=1S/C13H17NO2/c1-14(10-15-2)8-7-11-9-16-13-6-4-3-5-12(11)13/h3-6,9H,7-8,10H2,1-2H3. The maximum absolute atomic E-state index is 5.49. The van der Waals surface area contributed by atoms with Crippen molar-refractivity contribution in [3.8, 4) is 0 Å². The van der Waals surface area contributed by atoms with Crippen molar-refractivity contribution in [1.82, 2.24) is 4.90 Å². The first kappa shape index (κ1) is 11.2. The van der Waals surface area contributed by atoms with Crippen LogP contribution < -0.4 is 0 Å². The molecule has 0 atom stereocenters. The molecule has 2 aromatic rings. The number of para-hydroxylation sites is 1. The van der Waals surface area contributed by atoms with Crippen LogP contribution in [0.25, 0.3) is 11.0 Å². The molecule has 0 spiro atoms. The quantitative estimate of drug-likeness (QED) is 0.722. The van der Waals surface area contributed by atoms with Crippen LogP contribution in [0.15, 0.2) is 34.9 Å². The summed E-state index contributed by atoms with van der Waals surface area (Å²) < 4.78 is 10.6. The number of fused-ring (bicyclic) bond motifs is 1. The van der Waals surface area contributed by atoms with Crippen molar-refractivity contribution in [3.63, 3.8) is 0 Å². The van der Waals surface area contributed by atoms with Crippen LogP contribution in [0.2, 0.25) is 0 Å². The summed E-state index contributed by atoms with van der Waals surface area (Å²) in [4.78, 5) is 2.14. The Morgan fingerprint density at radius 3 is 2.94 bits per heavy atom. The first-order chi connectivity index (χ1) is 7.81. The number of furan rings is 1. The Hall–Kier alpha value is -1.32. The number of ether oxygens (including phenoxy) is 1. The molecule has 86 valence electrons. The molecule has 0 aliphatic carbocycles. The van der Waals surface area contributed by atoms with Crippen LogP contribution in [0, 0.1) is 0 Å². The van der Waals surface area contributed by atoms with Crippen molar-refractivity contribution in [1.29, 1.82) is 0 Å². The van der Waals surface area contributed by atoms with Crippen molar-refractivity contribution >= 4 is 11.0 Å². The zero-order valence-electron chi connectivity index (χ0n) is 9.77. The first-order valence-corrected chi connectivity index (χ1v) is 5.44. The Bertz CT molecular complexity index is 450. The summed E-state index contributed by atoms with van der Waals surface area (Å²) in [6, 6.07) is 8.13. The summed E-state index contributed by atoms with van der Waals surface area (Å²) in [6.45, 7) is 1.63. The van der Waals surface area contributed by atoms with Gasteiger partial charge in [-0.3, -0.25) is 4.90 Å². The van der Waals surface area contributed by atoms with Gasteiger partial charge in [0.2, 0.25) is 0 Å². The Labute approximate surface area is 95.6 Å². The predicted molar refractivity (Wildman–Crippen MR) is 64.4 cm³/mol. The average Bonchev–Trinajstić information content (AvgIpc) is 2.70. The molecule has 1 heterocycles. The number of likely N-dealkylation sites (N-methyl/N-ethyl adjacent to an activating group) is 1. The molecule has 0 unspecified atom stereocenters. The second-order valence-corrected chi connectivity index (χ2v) is 4.00. The highest BCUT2D eigenvalue weighted by molar-refractivity contribution is 5.80. The molecular weight excluding hydrogens is 202 g/mol. The lowest BCUT2D eigenvalue weighted by atomic mass is 10.1. The molecule has 2 rings (SSSR count). The Morgan fingerprint density at radius 1 is 1.31 bits per heavy atom. The highest BCUT2D eigenvalue weighted by Gasteiger charge is 2.05. The van der Waals surface area contributed by atoms with Crippen LogP contribution in [0.5, 0.6) is 0 Å². The molecule has 3 nitrogen and oxygen atoms in total. The van der Waals surface area contributed by atoms with Gasteiger partial charge in [0.05, 0.1) is 13.0 Å². The Kier molecular flexibility index (Phi) is 3.59. The summed E-state index contributed by atoms with van der Waals surface area (Å²) >= 11 is 0. The molecular formula is C13H17NO2. The summed E-state index contributed by atoms with van der Waals surface area (Å²) in [5.74, 6) is 0. The van der Waals surface area contributed by atoms with E-state index in [4.69, 9.17) is 9.15 Å². The minimum Gasteiger partial charge on any atom is -0.464 e. The molecule has 0 N–H and O–H groups in total. The molecule has 0 saturated heterocycles. The van der Waals surface area contributed by atoms with Crippen LogP contribution in [0.3, 0.4) is 0 Å². The van der Waals surface area contributed by atoms with Gasteiger partial charge in [0.1, 0.15) is 5.58 Å². The van der Waals surface area contributed by atoms with E-state index in [2.05, 4.69) is 11.0 Å². The number of benzene rings is 1. The van der Waals surface area contributed by atoms with E-state index in [1.165, 1.54) is 10.9 Å². The van der Waals surface area contributed by atoms with Gasteiger partial charge in [-0.1, -0.05) is 18.2 Å². The van der Waals surface area contributed by atoms with E-state index in [1.807, 2.05) is 31.5 Å². The Balaban J connectivity index is 2.04. The summed E-state index contributed by atoms with van der Waals surface area (Å²) in [6.07, 6.45) is 2.84. The zero-order chi connectivity index (χ0) is 11.4. The smallest absolute Gasteiger partial charge is 0.134 e. The molecule has 16 heavy (non-hydrogen) atoms. The van der Waals surface area contributed by atoms with E-state index in [9.17, 15) is 0 Å². The SMILES string of the molecule is COCN(C)CCc1coc2ccccc12. The largest absolute Gasteiger partial charge is 0.464 e. The molecule has 0 aliphatic rings. The fraction of sp³-hybridized carbons (Fsp3) is 0.385. The number of nitrogens with zero attached hydrogens (tertiary/aromatic N) is 1. The van der Waals surface area contributed by atoms with Crippen LogP contribution in [-0.4, -0.2) is 32.3 Å². The van der Waals surface area contributed by atoms with Crippen LogP contribution in [0.1, 0.15) is 5.56 Å². The minimum absolute atomic E-state index is 0.662. The van der Waals surface area contributed by atoms with Gasteiger partial charge in [0, 0.05) is 19.0 Å². The minimum atomic E-state index is 0.662. The lowest BCUT2D eigenvalue weighted by Crippen LogP contribution is -2.23. The topological polar surface area (TPSA) is 25.6 Å². The third-order valence-corrected chi connectivity index (χ3v) is 2.67. The van der Waals surface area contributed by atoms with Crippen molar-refractivity contribution in [2.75, 3.05) is 27.4 Å². The number of methoxy groups -OCH3 is 1. The maximum atomic E-state index is 5.49. The van der Waals surface area contributed by atoms with Crippen LogP contribution in [0.4, 0.5) is 0 Å². The van der Waals surface area contributed by atoms with Crippen LogP contribution in [-0.2, 0) is 11.2 Å². The van der Waals surface area contributed by atoms with E-state index >= 15 is 0 Å². The molecule has 1 aromatic carbocycles. The van der Waals surface area contributed by atoms with Crippen molar-refractivity contribution in [2.45, 2.75) is 6.42 Å². The maximum Gasteiger partial charge on any atom is 0.134 e. The third kappa shape index (κ3) is 2.43. The van der Waals surface area contributed by atoms with Gasteiger partial charge in [0.25, 0.3) is 0 Å². The lowest BCUT2D eigenvalue weighted by molar-refractivity contribution is 0.0827. The number of hydrogen-bond acceptors (Lipinski definition) is 3. The highest BCUT2D eigenvalue weighted by Crippen LogP contribution is 2.20. The van der Waals surface area contributed by atoms with E-state index in [0.717, 1.165) is 18.5 Å².